The van der Waals surface area contributed by atoms with E-state index in [1.54, 1.807) is 6.92 Å². The van der Waals surface area contributed by atoms with E-state index in [9.17, 15) is 9.59 Å². The van der Waals surface area contributed by atoms with Crippen LogP contribution in [-0.2, 0) is 4.79 Å². The second kappa shape index (κ2) is 5.14. The summed E-state index contributed by atoms with van der Waals surface area (Å²) in [5, 5.41) is 14.5. The zero-order valence-corrected chi connectivity index (χ0v) is 8.32. The van der Waals surface area contributed by atoms with Crippen LogP contribution in [0.15, 0.2) is 10.8 Å². The molecule has 0 saturated heterocycles. The first kappa shape index (κ1) is 11.2. The molecule has 82 valence electrons. The second-order valence-electron chi connectivity index (χ2n) is 3.07. The number of aromatic nitrogens is 1. The zero-order valence-electron chi connectivity index (χ0n) is 8.32. The Hall–Kier alpha value is -1.85. The molecule has 1 amide bonds. The van der Waals surface area contributed by atoms with Gasteiger partial charge >= 0.3 is 5.97 Å². The van der Waals surface area contributed by atoms with Gasteiger partial charge in [-0.05, 0) is 13.3 Å². The predicted octanol–water partition coefficient (Wildman–Crippen LogP) is 0.578. The Balaban J connectivity index is 2.31. The van der Waals surface area contributed by atoms with Gasteiger partial charge in [0.25, 0.3) is 5.91 Å². The Morgan fingerprint density at radius 2 is 2.33 bits per heavy atom. The first-order valence-electron chi connectivity index (χ1n) is 4.52. The summed E-state index contributed by atoms with van der Waals surface area (Å²) in [7, 11) is 0. The Bertz CT molecular complexity index is 359. The minimum absolute atomic E-state index is 0.0445. The van der Waals surface area contributed by atoms with E-state index in [4.69, 9.17) is 5.11 Å². The van der Waals surface area contributed by atoms with Crippen LogP contribution in [0.3, 0.4) is 0 Å². The van der Waals surface area contributed by atoms with Gasteiger partial charge in [0.05, 0.1) is 5.69 Å². The summed E-state index contributed by atoms with van der Waals surface area (Å²) in [5.74, 6) is -1.16. The molecule has 0 unspecified atom stereocenters. The minimum Gasteiger partial charge on any atom is -0.481 e. The molecule has 1 aromatic rings. The van der Waals surface area contributed by atoms with Gasteiger partial charge in [-0.25, -0.2) is 0 Å². The van der Waals surface area contributed by atoms with Crippen molar-refractivity contribution in [2.24, 2.45) is 0 Å². The highest BCUT2D eigenvalue weighted by molar-refractivity contribution is 5.94. The van der Waals surface area contributed by atoms with E-state index in [2.05, 4.69) is 15.0 Å². The number of hydrogen-bond donors (Lipinski definition) is 2. The van der Waals surface area contributed by atoms with Crippen molar-refractivity contribution < 1.29 is 19.2 Å². The number of carbonyl (C=O) groups is 2. The monoisotopic (exact) mass is 212 g/mol. The molecule has 0 aliphatic heterocycles. The molecule has 0 atom stereocenters. The standard InChI is InChI=1S/C9H12N2O4/c1-6-7(5-15-11-6)9(14)10-4-2-3-8(12)13/h5H,2-4H2,1H3,(H,10,14)(H,12,13). The van der Waals surface area contributed by atoms with Crippen LogP contribution in [0.5, 0.6) is 0 Å². The highest BCUT2D eigenvalue weighted by Gasteiger charge is 2.11. The van der Waals surface area contributed by atoms with E-state index in [-0.39, 0.29) is 12.3 Å². The number of carbonyl (C=O) groups excluding carboxylic acids is 1. The number of amides is 1. The van der Waals surface area contributed by atoms with Crippen molar-refractivity contribution >= 4 is 11.9 Å². The molecular weight excluding hydrogens is 200 g/mol. The van der Waals surface area contributed by atoms with Crippen molar-refractivity contribution in [2.45, 2.75) is 19.8 Å². The van der Waals surface area contributed by atoms with E-state index in [1.807, 2.05) is 0 Å². The lowest BCUT2D eigenvalue weighted by Crippen LogP contribution is -2.25. The van der Waals surface area contributed by atoms with Crippen molar-refractivity contribution in [3.05, 3.63) is 17.5 Å². The molecule has 0 aromatic carbocycles. The molecule has 1 rings (SSSR count). The lowest BCUT2D eigenvalue weighted by Gasteiger charge is -2.01. The molecule has 0 saturated carbocycles. The fraction of sp³-hybridized carbons (Fsp3) is 0.444. The van der Waals surface area contributed by atoms with Gasteiger partial charge in [-0.2, -0.15) is 0 Å². The van der Waals surface area contributed by atoms with Gasteiger partial charge in [-0.3, -0.25) is 9.59 Å². The lowest BCUT2D eigenvalue weighted by molar-refractivity contribution is -0.137. The van der Waals surface area contributed by atoms with E-state index in [0.717, 1.165) is 0 Å². The summed E-state index contributed by atoms with van der Waals surface area (Å²) in [6, 6.07) is 0. The number of hydrogen-bond acceptors (Lipinski definition) is 4. The number of aliphatic carboxylic acids is 1. The maximum atomic E-state index is 11.4. The molecule has 15 heavy (non-hydrogen) atoms. The molecule has 0 aliphatic rings. The molecule has 0 radical (unpaired) electrons. The summed E-state index contributed by atoms with van der Waals surface area (Å²) < 4.78 is 4.61. The Kier molecular flexibility index (Phi) is 3.84. The number of aryl methyl sites for hydroxylation is 1. The zero-order chi connectivity index (χ0) is 11.3. The third-order valence-electron chi connectivity index (χ3n) is 1.85. The molecule has 1 aromatic heterocycles. The third-order valence-corrected chi connectivity index (χ3v) is 1.85. The second-order valence-corrected chi connectivity index (χ2v) is 3.07. The van der Waals surface area contributed by atoms with Crippen molar-refractivity contribution in [1.29, 1.82) is 0 Å². The first-order valence-corrected chi connectivity index (χ1v) is 4.52. The highest BCUT2D eigenvalue weighted by atomic mass is 16.5. The van der Waals surface area contributed by atoms with Gasteiger partial charge in [-0.15, -0.1) is 0 Å². The van der Waals surface area contributed by atoms with E-state index < -0.39 is 5.97 Å². The van der Waals surface area contributed by atoms with Gasteiger partial charge in [-0.1, -0.05) is 5.16 Å². The number of carboxylic acids is 1. The number of carboxylic acid groups (broad SMARTS) is 1. The average molecular weight is 212 g/mol. The molecule has 6 heteroatoms. The van der Waals surface area contributed by atoms with Crippen LogP contribution in [-0.4, -0.2) is 28.7 Å². The highest BCUT2D eigenvalue weighted by Crippen LogP contribution is 2.04. The largest absolute Gasteiger partial charge is 0.481 e. The summed E-state index contributed by atoms with van der Waals surface area (Å²) in [4.78, 5) is 21.6. The van der Waals surface area contributed by atoms with Gasteiger partial charge < -0.3 is 14.9 Å². The number of nitrogens with one attached hydrogen (secondary N) is 1. The Morgan fingerprint density at radius 3 is 2.87 bits per heavy atom. The van der Waals surface area contributed by atoms with Crippen LogP contribution in [0.2, 0.25) is 0 Å². The summed E-state index contributed by atoms with van der Waals surface area (Å²) in [6.45, 7) is 1.99. The average Bonchev–Trinajstić information content (AvgIpc) is 2.58. The van der Waals surface area contributed by atoms with Gasteiger partial charge in [0.2, 0.25) is 0 Å². The molecule has 1 heterocycles. The van der Waals surface area contributed by atoms with Crippen LogP contribution in [0, 0.1) is 6.92 Å². The van der Waals surface area contributed by atoms with Gasteiger partial charge in [0, 0.05) is 13.0 Å². The van der Waals surface area contributed by atoms with E-state index in [1.165, 1.54) is 6.26 Å². The normalized spacial score (nSPS) is 9.93. The third kappa shape index (κ3) is 3.41. The summed E-state index contributed by atoms with van der Waals surface area (Å²) >= 11 is 0. The molecule has 6 nitrogen and oxygen atoms in total. The van der Waals surface area contributed by atoms with Crippen LogP contribution in [0.1, 0.15) is 28.9 Å². The number of rotatable bonds is 5. The van der Waals surface area contributed by atoms with Crippen LogP contribution >= 0.6 is 0 Å². The van der Waals surface area contributed by atoms with Gasteiger partial charge in [0.15, 0.2) is 0 Å². The maximum Gasteiger partial charge on any atom is 0.303 e. The fourth-order valence-corrected chi connectivity index (χ4v) is 1.05. The smallest absolute Gasteiger partial charge is 0.303 e. The quantitative estimate of drug-likeness (QED) is 0.696. The van der Waals surface area contributed by atoms with Gasteiger partial charge in [0.1, 0.15) is 11.8 Å². The molecule has 0 aliphatic carbocycles. The van der Waals surface area contributed by atoms with Crippen molar-refractivity contribution in [2.75, 3.05) is 6.54 Å². The number of nitrogens with zero attached hydrogens (tertiary/aromatic N) is 1. The summed E-state index contributed by atoms with van der Waals surface area (Å²) in [5.41, 5.74) is 0.899. The lowest BCUT2D eigenvalue weighted by atomic mass is 10.2. The fourth-order valence-electron chi connectivity index (χ4n) is 1.05. The Morgan fingerprint density at radius 1 is 1.60 bits per heavy atom. The Labute approximate surface area is 86.3 Å². The molecule has 0 spiro atoms. The molecule has 0 fully saturated rings. The van der Waals surface area contributed by atoms with E-state index in [0.29, 0.717) is 24.2 Å². The van der Waals surface area contributed by atoms with Crippen LogP contribution in [0.4, 0.5) is 0 Å². The van der Waals surface area contributed by atoms with Crippen LogP contribution in [0.25, 0.3) is 0 Å². The van der Waals surface area contributed by atoms with Crippen molar-refractivity contribution in [1.82, 2.24) is 10.5 Å². The SMILES string of the molecule is Cc1nocc1C(=O)NCCCC(=O)O. The van der Waals surface area contributed by atoms with Crippen LogP contribution < -0.4 is 5.32 Å². The molecule has 0 bridgehead atoms. The first-order chi connectivity index (χ1) is 7.11. The maximum absolute atomic E-state index is 11.4. The molecule has 2 N–H and O–H groups in total. The van der Waals surface area contributed by atoms with E-state index >= 15 is 0 Å². The predicted molar refractivity (Wildman–Crippen MR) is 50.4 cm³/mol. The van der Waals surface area contributed by atoms with Crippen molar-refractivity contribution in [3.8, 4) is 0 Å². The van der Waals surface area contributed by atoms with Crippen molar-refractivity contribution in [3.63, 3.8) is 0 Å². The minimum atomic E-state index is -0.870. The topological polar surface area (TPSA) is 92.4 Å². The summed E-state index contributed by atoms with van der Waals surface area (Å²) in [6.07, 6.45) is 1.72. The molecular formula is C9H12N2O4.